The van der Waals surface area contributed by atoms with E-state index in [4.69, 9.17) is 9.47 Å². The van der Waals surface area contributed by atoms with Gasteiger partial charge in [0.1, 0.15) is 5.75 Å². The molecule has 0 aliphatic carbocycles. The first-order chi connectivity index (χ1) is 17.1. The highest BCUT2D eigenvalue weighted by Crippen LogP contribution is 2.28. The summed E-state index contributed by atoms with van der Waals surface area (Å²) in [5, 5.41) is 15.7. The number of ether oxygens (including phenoxy) is 2. The molecule has 5 rings (SSSR count). The normalized spacial score (nSPS) is 16.8. The first kappa shape index (κ1) is 23.7. The van der Waals surface area contributed by atoms with Crippen molar-refractivity contribution in [3.63, 3.8) is 0 Å². The highest BCUT2D eigenvalue weighted by Gasteiger charge is 2.28. The van der Waals surface area contributed by atoms with Crippen molar-refractivity contribution in [2.75, 3.05) is 13.7 Å². The minimum Gasteiger partial charge on any atom is -0.497 e. The summed E-state index contributed by atoms with van der Waals surface area (Å²) in [5.41, 5.74) is 1.36. The van der Waals surface area contributed by atoms with Gasteiger partial charge in [-0.1, -0.05) is 13.0 Å². The largest absolute Gasteiger partial charge is 0.497 e. The molecule has 0 saturated carbocycles. The van der Waals surface area contributed by atoms with Crippen LogP contribution in [0.15, 0.2) is 46.6 Å². The fourth-order valence-electron chi connectivity index (χ4n) is 4.73. The van der Waals surface area contributed by atoms with Crippen molar-refractivity contribution in [1.82, 2.24) is 30.1 Å². The molecule has 0 amide bonds. The molecule has 1 aliphatic heterocycles. The summed E-state index contributed by atoms with van der Waals surface area (Å²) in [7, 11) is 1.62. The van der Waals surface area contributed by atoms with Crippen LogP contribution in [0, 0.1) is 0 Å². The minimum atomic E-state index is -0.101. The topological polar surface area (TPSA) is 98.2 Å². The van der Waals surface area contributed by atoms with E-state index < -0.39 is 0 Å². The van der Waals surface area contributed by atoms with Crippen molar-refractivity contribution in [3.05, 3.63) is 68.4 Å². The summed E-state index contributed by atoms with van der Waals surface area (Å²) < 4.78 is 13.0. The number of aromatic nitrogens is 5. The number of nitrogens with one attached hydrogen (secondary N) is 1. The Hall–Kier alpha value is -3.08. The summed E-state index contributed by atoms with van der Waals surface area (Å²) in [6.07, 6.45) is 3.04. The average molecular weight is 495 g/mol. The van der Waals surface area contributed by atoms with E-state index >= 15 is 0 Å². The summed E-state index contributed by atoms with van der Waals surface area (Å²) >= 11 is 1.71. The highest BCUT2D eigenvalue weighted by atomic mass is 32.1. The third-order valence-electron chi connectivity index (χ3n) is 6.53. The van der Waals surface area contributed by atoms with Crippen LogP contribution in [0.25, 0.3) is 10.9 Å². The van der Waals surface area contributed by atoms with Gasteiger partial charge in [-0.25, -0.2) is 4.68 Å². The lowest BCUT2D eigenvalue weighted by Gasteiger charge is -2.30. The first-order valence-corrected chi connectivity index (χ1v) is 12.9. The lowest BCUT2D eigenvalue weighted by molar-refractivity contribution is 0.0889. The van der Waals surface area contributed by atoms with Crippen molar-refractivity contribution in [2.24, 2.45) is 0 Å². The van der Waals surface area contributed by atoms with Crippen molar-refractivity contribution in [3.8, 4) is 5.75 Å². The van der Waals surface area contributed by atoms with Crippen LogP contribution in [-0.4, -0.2) is 49.9 Å². The number of nitrogens with zero attached hydrogens (tertiary/aromatic N) is 5. The first-order valence-electron chi connectivity index (χ1n) is 12.0. The number of aromatic amines is 1. The number of thiophene rings is 1. The van der Waals surface area contributed by atoms with Gasteiger partial charge in [-0.3, -0.25) is 9.69 Å². The number of rotatable bonds is 10. The molecular formula is C25H30N6O3S. The van der Waals surface area contributed by atoms with Crippen LogP contribution in [0.4, 0.5) is 0 Å². The van der Waals surface area contributed by atoms with E-state index in [2.05, 4.69) is 49.8 Å². The van der Waals surface area contributed by atoms with Crippen molar-refractivity contribution < 1.29 is 9.47 Å². The maximum Gasteiger partial charge on any atom is 0.252 e. The Bertz CT molecular complexity index is 1310. The number of methoxy groups -OCH3 is 1. The van der Waals surface area contributed by atoms with Crippen LogP contribution in [0.5, 0.6) is 5.75 Å². The molecule has 1 fully saturated rings. The van der Waals surface area contributed by atoms with Crippen LogP contribution >= 0.6 is 11.3 Å². The van der Waals surface area contributed by atoms with E-state index in [9.17, 15) is 4.79 Å². The number of tetrazole rings is 1. The van der Waals surface area contributed by atoms with Gasteiger partial charge in [0.25, 0.3) is 5.56 Å². The molecular weight excluding hydrogens is 464 g/mol. The van der Waals surface area contributed by atoms with Gasteiger partial charge < -0.3 is 14.5 Å². The summed E-state index contributed by atoms with van der Waals surface area (Å²) in [6, 6.07) is 11.8. The average Bonchev–Trinajstić information content (AvgIpc) is 3.64. The Morgan fingerprint density at radius 3 is 2.97 bits per heavy atom. The van der Waals surface area contributed by atoms with Gasteiger partial charge in [0.2, 0.25) is 0 Å². The number of hydrogen-bond donors (Lipinski definition) is 1. The minimum absolute atomic E-state index is 0.0560. The Kier molecular flexibility index (Phi) is 7.21. The van der Waals surface area contributed by atoms with E-state index in [-0.39, 0.29) is 17.7 Å². The van der Waals surface area contributed by atoms with Gasteiger partial charge in [0, 0.05) is 36.2 Å². The second-order valence-electron chi connectivity index (χ2n) is 8.84. The molecule has 1 aliphatic rings. The van der Waals surface area contributed by atoms with Gasteiger partial charge in [-0.2, -0.15) is 0 Å². The van der Waals surface area contributed by atoms with Crippen molar-refractivity contribution in [1.29, 1.82) is 0 Å². The predicted molar refractivity (Wildman–Crippen MR) is 135 cm³/mol. The van der Waals surface area contributed by atoms with Crippen LogP contribution in [0.1, 0.15) is 48.5 Å². The second-order valence-corrected chi connectivity index (χ2v) is 9.87. The third kappa shape index (κ3) is 5.29. The van der Waals surface area contributed by atoms with Gasteiger partial charge in [-0.15, -0.1) is 16.4 Å². The van der Waals surface area contributed by atoms with Crippen LogP contribution < -0.4 is 10.3 Å². The summed E-state index contributed by atoms with van der Waals surface area (Å²) in [5.74, 6) is 1.52. The molecule has 4 heterocycles. The number of hydrogen-bond acceptors (Lipinski definition) is 8. The quantitative estimate of drug-likeness (QED) is 0.357. The fraction of sp³-hybridized carbons (Fsp3) is 0.440. The molecule has 0 unspecified atom stereocenters. The predicted octanol–water partition coefficient (Wildman–Crippen LogP) is 3.92. The molecule has 0 radical (unpaired) electrons. The zero-order chi connectivity index (χ0) is 24.2. The summed E-state index contributed by atoms with van der Waals surface area (Å²) in [4.78, 5) is 19.6. The molecule has 4 aromatic rings. The molecule has 1 saturated heterocycles. The number of fused-ring (bicyclic) bond motifs is 1. The van der Waals surface area contributed by atoms with Gasteiger partial charge in [-0.05, 0) is 64.7 Å². The molecule has 2 atom stereocenters. The van der Waals surface area contributed by atoms with E-state index in [0.29, 0.717) is 30.9 Å². The molecule has 184 valence electrons. The lowest BCUT2D eigenvalue weighted by Crippen LogP contribution is -2.33. The molecule has 3 aromatic heterocycles. The SMILES string of the molecule is CC[C@@H](c1nnnn1C[C@@H]1CCCO1)N(Cc1cccs1)Cc1cc2ccc(OC)cc2[nH]c1=O. The van der Waals surface area contributed by atoms with Crippen LogP contribution in [-0.2, 0) is 24.4 Å². The number of benzene rings is 1. The molecule has 9 nitrogen and oxygen atoms in total. The highest BCUT2D eigenvalue weighted by molar-refractivity contribution is 7.09. The van der Waals surface area contributed by atoms with E-state index in [1.165, 1.54) is 4.88 Å². The monoisotopic (exact) mass is 494 g/mol. The van der Waals surface area contributed by atoms with E-state index in [0.717, 1.165) is 42.6 Å². The smallest absolute Gasteiger partial charge is 0.252 e. The second kappa shape index (κ2) is 10.7. The van der Waals surface area contributed by atoms with Gasteiger partial charge in [0.15, 0.2) is 5.82 Å². The van der Waals surface area contributed by atoms with Crippen LogP contribution in [0.3, 0.4) is 0 Å². The molecule has 0 bridgehead atoms. The van der Waals surface area contributed by atoms with Gasteiger partial charge >= 0.3 is 0 Å². The maximum atomic E-state index is 13.1. The number of H-pyrrole nitrogens is 1. The fourth-order valence-corrected chi connectivity index (χ4v) is 5.46. The molecule has 1 aromatic carbocycles. The third-order valence-corrected chi connectivity index (χ3v) is 7.39. The Labute approximate surface area is 207 Å². The zero-order valence-corrected chi connectivity index (χ0v) is 20.8. The van der Waals surface area contributed by atoms with Gasteiger partial charge in [0.05, 0.1) is 31.3 Å². The van der Waals surface area contributed by atoms with E-state index in [1.807, 2.05) is 28.9 Å². The van der Waals surface area contributed by atoms with Crippen molar-refractivity contribution >= 4 is 22.2 Å². The lowest BCUT2D eigenvalue weighted by atomic mass is 10.1. The standard InChI is InChI=1S/C25H30N6O3S/c1-3-23(24-27-28-29-31(24)15-20-6-4-10-34-20)30(16-21-7-5-11-35-21)14-18-12-17-8-9-19(33-2)13-22(17)26-25(18)32/h5,7-9,11-13,20,23H,3-4,6,10,14-16H2,1-2H3,(H,26,32)/t20-,23-/m0/s1. The Morgan fingerprint density at radius 2 is 2.23 bits per heavy atom. The maximum absolute atomic E-state index is 13.1. The zero-order valence-electron chi connectivity index (χ0n) is 20.0. The Morgan fingerprint density at radius 1 is 1.31 bits per heavy atom. The molecule has 35 heavy (non-hydrogen) atoms. The van der Waals surface area contributed by atoms with E-state index in [1.54, 1.807) is 18.4 Å². The molecule has 1 N–H and O–H groups in total. The van der Waals surface area contributed by atoms with Crippen molar-refractivity contribution in [2.45, 2.75) is 58.0 Å². The van der Waals surface area contributed by atoms with Crippen LogP contribution in [0.2, 0.25) is 0 Å². The summed E-state index contributed by atoms with van der Waals surface area (Å²) in [6.45, 7) is 4.74. The number of pyridine rings is 1. The molecule has 10 heteroatoms. The molecule has 0 spiro atoms. The Balaban J connectivity index is 1.47.